The molecule has 0 bridgehead atoms. The van der Waals surface area contributed by atoms with Gasteiger partial charge in [-0.1, -0.05) is 20.8 Å². The Morgan fingerprint density at radius 1 is 1.43 bits per heavy atom. The fourth-order valence-electron chi connectivity index (χ4n) is 1.47. The lowest BCUT2D eigenvalue weighted by Gasteiger charge is -2.20. The summed E-state index contributed by atoms with van der Waals surface area (Å²) in [6, 6.07) is 0.563. The molecule has 1 N–H and O–H groups in total. The second-order valence-corrected chi connectivity index (χ2v) is 3.89. The Bertz CT molecular complexity index is 157. The third-order valence-electron chi connectivity index (χ3n) is 2.44. The molecule has 0 heterocycles. The smallest absolute Gasteiger partial charge is 0.305 e. The SMILES string of the molecule is CCC(NCCCC(=O)OC)C(C)C. The summed E-state index contributed by atoms with van der Waals surface area (Å²) in [7, 11) is 1.43. The monoisotopic (exact) mass is 201 g/mol. The number of esters is 1. The minimum Gasteiger partial charge on any atom is -0.469 e. The third-order valence-corrected chi connectivity index (χ3v) is 2.44. The number of carbonyl (C=O) groups is 1. The highest BCUT2D eigenvalue weighted by atomic mass is 16.5. The lowest BCUT2D eigenvalue weighted by molar-refractivity contribution is -0.140. The number of hydrogen-bond donors (Lipinski definition) is 1. The largest absolute Gasteiger partial charge is 0.469 e. The first-order valence-electron chi connectivity index (χ1n) is 5.42. The Hall–Kier alpha value is -0.570. The Kier molecular flexibility index (Phi) is 7.48. The van der Waals surface area contributed by atoms with Gasteiger partial charge in [-0.25, -0.2) is 0 Å². The van der Waals surface area contributed by atoms with Gasteiger partial charge in [0.2, 0.25) is 0 Å². The van der Waals surface area contributed by atoms with E-state index in [0.717, 1.165) is 19.4 Å². The van der Waals surface area contributed by atoms with Gasteiger partial charge in [0.15, 0.2) is 0 Å². The zero-order valence-corrected chi connectivity index (χ0v) is 9.80. The van der Waals surface area contributed by atoms with Crippen LogP contribution in [-0.2, 0) is 9.53 Å². The topological polar surface area (TPSA) is 38.3 Å². The fourth-order valence-corrected chi connectivity index (χ4v) is 1.47. The molecule has 84 valence electrons. The summed E-state index contributed by atoms with van der Waals surface area (Å²) < 4.78 is 4.56. The number of ether oxygens (including phenoxy) is 1. The van der Waals surface area contributed by atoms with Crippen molar-refractivity contribution in [2.75, 3.05) is 13.7 Å². The van der Waals surface area contributed by atoms with Crippen LogP contribution in [0.15, 0.2) is 0 Å². The number of hydrogen-bond acceptors (Lipinski definition) is 3. The van der Waals surface area contributed by atoms with Gasteiger partial charge >= 0.3 is 5.97 Å². The van der Waals surface area contributed by atoms with Crippen molar-refractivity contribution in [2.24, 2.45) is 5.92 Å². The van der Waals surface area contributed by atoms with E-state index in [1.54, 1.807) is 0 Å². The molecule has 0 radical (unpaired) electrons. The highest BCUT2D eigenvalue weighted by Gasteiger charge is 2.09. The molecule has 0 aliphatic heterocycles. The van der Waals surface area contributed by atoms with Crippen LogP contribution in [0.2, 0.25) is 0 Å². The van der Waals surface area contributed by atoms with Crippen molar-refractivity contribution in [1.82, 2.24) is 5.32 Å². The number of rotatable bonds is 7. The molecular weight excluding hydrogens is 178 g/mol. The number of methoxy groups -OCH3 is 1. The van der Waals surface area contributed by atoms with Gasteiger partial charge in [0, 0.05) is 12.5 Å². The Labute approximate surface area is 87.2 Å². The molecule has 14 heavy (non-hydrogen) atoms. The van der Waals surface area contributed by atoms with Crippen LogP contribution in [0, 0.1) is 5.92 Å². The van der Waals surface area contributed by atoms with Crippen LogP contribution in [0.5, 0.6) is 0 Å². The molecule has 0 spiro atoms. The molecule has 0 aliphatic carbocycles. The van der Waals surface area contributed by atoms with Crippen molar-refractivity contribution in [3.8, 4) is 0 Å². The molecule has 0 saturated carbocycles. The van der Waals surface area contributed by atoms with E-state index in [4.69, 9.17) is 0 Å². The van der Waals surface area contributed by atoms with Gasteiger partial charge in [-0.15, -0.1) is 0 Å². The fraction of sp³-hybridized carbons (Fsp3) is 0.909. The molecule has 0 rings (SSSR count). The van der Waals surface area contributed by atoms with E-state index in [2.05, 4.69) is 30.8 Å². The van der Waals surface area contributed by atoms with Gasteiger partial charge in [0.25, 0.3) is 0 Å². The van der Waals surface area contributed by atoms with Gasteiger partial charge < -0.3 is 10.1 Å². The average Bonchev–Trinajstić information content (AvgIpc) is 2.16. The lowest BCUT2D eigenvalue weighted by Crippen LogP contribution is -2.34. The Balaban J connectivity index is 3.47. The summed E-state index contributed by atoms with van der Waals surface area (Å²) in [4.78, 5) is 10.8. The van der Waals surface area contributed by atoms with E-state index in [1.807, 2.05) is 0 Å². The molecule has 0 aromatic heterocycles. The van der Waals surface area contributed by atoms with Crippen molar-refractivity contribution in [3.63, 3.8) is 0 Å². The second-order valence-electron chi connectivity index (χ2n) is 3.89. The first kappa shape index (κ1) is 13.4. The van der Waals surface area contributed by atoms with Crippen LogP contribution in [0.3, 0.4) is 0 Å². The van der Waals surface area contributed by atoms with Crippen molar-refractivity contribution < 1.29 is 9.53 Å². The third kappa shape index (κ3) is 5.97. The molecule has 1 atom stereocenters. The first-order valence-corrected chi connectivity index (χ1v) is 5.42. The van der Waals surface area contributed by atoms with Crippen molar-refractivity contribution >= 4 is 5.97 Å². The van der Waals surface area contributed by atoms with Crippen LogP contribution < -0.4 is 5.32 Å². The van der Waals surface area contributed by atoms with Crippen LogP contribution in [0.1, 0.15) is 40.0 Å². The van der Waals surface area contributed by atoms with Crippen molar-refractivity contribution in [2.45, 2.75) is 46.1 Å². The Morgan fingerprint density at radius 3 is 2.50 bits per heavy atom. The quantitative estimate of drug-likeness (QED) is 0.505. The molecule has 0 fully saturated rings. The summed E-state index contributed by atoms with van der Waals surface area (Å²) in [5.74, 6) is 0.530. The molecule has 0 aromatic rings. The molecule has 0 amide bonds. The normalized spacial score (nSPS) is 12.9. The summed E-state index contributed by atoms with van der Waals surface area (Å²) in [6.45, 7) is 7.49. The molecule has 3 nitrogen and oxygen atoms in total. The van der Waals surface area contributed by atoms with Crippen molar-refractivity contribution in [1.29, 1.82) is 0 Å². The maximum atomic E-state index is 10.8. The standard InChI is InChI=1S/C11H23NO2/c1-5-10(9(2)3)12-8-6-7-11(13)14-4/h9-10,12H,5-8H2,1-4H3. The maximum Gasteiger partial charge on any atom is 0.305 e. The number of carbonyl (C=O) groups excluding carboxylic acids is 1. The van der Waals surface area contributed by atoms with E-state index >= 15 is 0 Å². The minimum absolute atomic E-state index is 0.121. The van der Waals surface area contributed by atoms with Crippen LogP contribution in [-0.4, -0.2) is 25.7 Å². The van der Waals surface area contributed by atoms with E-state index in [1.165, 1.54) is 7.11 Å². The van der Waals surface area contributed by atoms with Crippen LogP contribution >= 0.6 is 0 Å². The zero-order chi connectivity index (χ0) is 11.0. The average molecular weight is 201 g/mol. The lowest BCUT2D eigenvalue weighted by atomic mass is 10.0. The highest BCUT2D eigenvalue weighted by Crippen LogP contribution is 2.05. The van der Waals surface area contributed by atoms with Crippen molar-refractivity contribution in [3.05, 3.63) is 0 Å². The predicted octanol–water partition coefficient (Wildman–Crippen LogP) is 1.96. The molecule has 0 aliphatic rings. The first-order chi connectivity index (χ1) is 6.61. The van der Waals surface area contributed by atoms with Gasteiger partial charge in [-0.3, -0.25) is 4.79 Å². The second kappa shape index (κ2) is 7.80. The van der Waals surface area contributed by atoms with E-state index in [0.29, 0.717) is 18.4 Å². The molecule has 0 aromatic carbocycles. The minimum atomic E-state index is -0.121. The van der Waals surface area contributed by atoms with Crippen LogP contribution in [0.4, 0.5) is 0 Å². The van der Waals surface area contributed by atoms with Gasteiger partial charge in [0.1, 0.15) is 0 Å². The number of nitrogens with one attached hydrogen (secondary N) is 1. The zero-order valence-electron chi connectivity index (χ0n) is 9.80. The molecule has 3 heteroatoms. The predicted molar refractivity (Wildman–Crippen MR) is 58.2 cm³/mol. The van der Waals surface area contributed by atoms with Crippen LogP contribution in [0.25, 0.3) is 0 Å². The summed E-state index contributed by atoms with van der Waals surface area (Å²) in [5.41, 5.74) is 0. The van der Waals surface area contributed by atoms with Gasteiger partial charge in [0.05, 0.1) is 7.11 Å². The molecule has 0 saturated heterocycles. The summed E-state index contributed by atoms with van der Waals surface area (Å²) in [6.07, 6.45) is 2.50. The maximum absolute atomic E-state index is 10.8. The summed E-state index contributed by atoms with van der Waals surface area (Å²) >= 11 is 0. The van der Waals surface area contributed by atoms with E-state index in [9.17, 15) is 4.79 Å². The van der Waals surface area contributed by atoms with E-state index in [-0.39, 0.29) is 5.97 Å². The Morgan fingerprint density at radius 2 is 2.07 bits per heavy atom. The van der Waals surface area contributed by atoms with Gasteiger partial charge in [-0.05, 0) is 25.3 Å². The molecule has 1 unspecified atom stereocenters. The van der Waals surface area contributed by atoms with Gasteiger partial charge in [-0.2, -0.15) is 0 Å². The van der Waals surface area contributed by atoms with E-state index < -0.39 is 0 Å². The summed E-state index contributed by atoms with van der Waals surface area (Å²) in [5, 5.41) is 3.44. The highest BCUT2D eigenvalue weighted by molar-refractivity contribution is 5.69. The molecular formula is C11H23NO2.